The molecule has 1 saturated heterocycles. The van der Waals surface area contributed by atoms with Crippen molar-refractivity contribution < 1.29 is 18.0 Å². The number of hydrogen-bond acceptors (Lipinski definition) is 5. The summed E-state index contributed by atoms with van der Waals surface area (Å²) in [5.41, 5.74) is 1.17. The summed E-state index contributed by atoms with van der Waals surface area (Å²) in [6.07, 6.45) is 2.32. The van der Waals surface area contributed by atoms with Crippen LogP contribution in [0, 0.1) is 0 Å². The predicted octanol–water partition coefficient (Wildman–Crippen LogP) is 2.15. The first-order valence-electron chi connectivity index (χ1n) is 8.53. The van der Waals surface area contributed by atoms with Gasteiger partial charge in [-0.1, -0.05) is 6.07 Å². The number of piperidine rings is 1. The van der Waals surface area contributed by atoms with Crippen molar-refractivity contribution in [3.63, 3.8) is 0 Å². The average Bonchev–Trinajstić information content (AvgIpc) is 3.16. The van der Waals surface area contributed by atoms with E-state index in [1.807, 2.05) is 11.4 Å². The summed E-state index contributed by atoms with van der Waals surface area (Å²) in [5, 5.41) is 4.64. The van der Waals surface area contributed by atoms with Crippen LogP contribution in [0.15, 0.2) is 41.8 Å². The lowest BCUT2D eigenvalue weighted by atomic mass is 10.0. The number of thiophene rings is 1. The van der Waals surface area contributed by atoms with Crippen molar-refractivity contribution in [1.29, 1.82) is 0 Å². The topological polar surface area (TPSA) is 95.6 Å². The first-order valence-corrected chi connectivity index (χ1v) is 11.3. The molecule has 0 aliphatic carbocycles. The number of anilines is 1. The Morgan fingerprint density at radius 3 is 2.33 bits per heavy atom. The van der Waals surface area contributed by atoms with Crippen LogP contribution in [-0.2, 0) is 10.0 Å². The molecule has 7 nitrogen and oxygen atoms in total. The highest BCUT2D eigenvalue weighted by atomic mass is 32.2. The van der Waals surface area contributed by atoms with Crippen molar-refractivity contribution in [2.75, 3.05) is 24.7 Å². The minimum absolute atomic E-state index is 0.0936. The Bertz CT molecular complexity index is 901. The fourth-order valence-electron chi connectivity index (χ4n) is 2.98. The molecule has 2 amide bonds. The zero-order valence-electron chi connectivity index (χ0n) is 14.8. The lowest BCUT2D eigenvalue weighted by Crippen LogP contribution is -2.46. The Balaban J connectivity index is 1.56. The second kappa shape index (κ2) is 8.20. The number of carbonyl (C=O) groups excluding carboxylic acids is 2. The molecule has 0 radical (unpaired) electrons. The Labute approximate surface area is 162 Å². The molecule has 2 aromatic rings. The van der Waals surface area contributed by atoms with Crippen LogP contribution in [0.3, 0.4) is 0 Å². The van der Waals surface area contributed by atoms with E-state index in [0.717, 1.165) is 6.26 Å². The van der Waals surface area contributed by atoms with Gasteiger partial charge in [0.2, 0.25) is 10.0 Å². The maximum atomic E-state index is 12.6. The third-order valence-corrected chi connectivity index (χ3v) is 5.93. The minimum atomic E-state index is -3.23. The molecule has 0 unspecified atom stereocenters. The molecule has 144 valence electrons. The second-order valence-corrected chi connectivity index (χ2v) is 9.19. The van der Waals surface area contributed by atoms with E-state index in [1.54, 1.807) is 35.2 Å². The molecule has 9 heteroatoms. The SMILES string of the molecule is CS(=O)(=O)NC1CCN(C(=O)c2ccc(NC(=O)c3cccs3)cc2)CC1. The van der Waals surface area contributed by atoms with Crippen LogP contribution in [0.4, 0.5) is 5.69 Å². The molecule has 1 aromatic heterocycles. The van der Waals surface area contributed by atoms with Gasteiger partial charge in [0, 0.05) is 30.4 Å². The number of nitrogens with zero attached hydrogens (tertiary/aromatic N) is 1. The molecule has 3 rings (SSSR count). The fraction of sp³-hybridized carbons (Fsp3) is 0.333. The van der Waals surface area contributed by atoms with Gasteiger partial charge in [-0.2, -0.15) is 0 Å². The highest BCUT2D eigenvalue weighted by Crippen LogP contribution is 2.18. The van der Waals surface area contributed by atoms with Crippen molar-refractivity contribution in [2.24, 2.45) is 0 Å². The van der Waals surface area contributed by atoms with Crippen LogP contribution >= 0.6 is 11.3 Å². The normalized spacial score (nSPS) is 15.5. The van der Waals surface area contributed by atoms with Gasteiger partial charge >= 0.3 is 0 Å². The van der Waals surface area contributed by atoms with Crippen molar-refractivity contribution >= 4 is 38.9 Å². The Hall–Kier alpha value is -2.23. The summed E-state index contributed by atoms with van der Waals surface area (Å²) in [6, 6.07) is 10.2. The number of benzene rings is 1. The number of sulfonamides is 1. The lowest BCUT2D eigenvalue weighted by Gasteiger charge is -2.32. The number of nitrogens with one attached hydrogen (secondary N) is 2. The van der Waals surface area contributed by atoms with Gasteiger partial charge in [-0.3, -0.25) is 9.59 Å². The summed E-state index contributed by atoms with van der Waals surface area (Å²) in [6.45, 7) is 1.01. The molecule has 0 atom stereocenters. The van der Waals surface area contributed by atoms with Crippen LogP contribution < -0.4 is 10.0 Å². The van der Waals surface area contributed by atoms with Gasteiger partial charge in [0.25, 0.3) is 11.8 Å². The molecule has 27 heavy (non-hydrogen) atoms. The summed E-state index contributed by atoms with van der Waals surface area (Å²) in [7, 11) is -3.23. The summed E-state index contributed by atoms with van der Waals surface area (Å²) in [5.74, 6) is -0.270. The highest BCUT2D eigenvalue weighted by molar-refractivity contribution is 7.88. The van der Waals surface area contributed by atoms with Gasteiger partial charge in [0.1, 0.15) is 0 Å². The lowest BCUT2D eigenvalue weighted by molar-refractivity contribution is 0.0711. The number of amides is 2. The smallest absolute Gasteiger partial charge is 0.265 e. The maximum absolute atomic E-state index is 12.6. The minimum Gasteiger partial charge on any atom is -0.339 e. The van der Waals surface area contributed by atoms with E-state index in [0.29, 0.717) is 42.1 Å². The molecule has 0 saturated carbocycles. The van der Waals surface area contributed by atoms with Crippen LogP contribution in [0.2, 0.25) is 0 Å². The standard InChI is InChI=1S/C18H21N3O4S2/c1-27(24,25)20-15-8-10-21(11-9-15)18(23)13-4-6-14(7-5-13)19-17(22)16-3-2-12-26-16/h2-7,12,15,20H,8-11H2,1H3,(H,19,22). The van der Waals surface area contributed by atoms with E-state index in [9.17, 15) is 18.0 Å². The number of rotatable bonds is 5. The fourth-order valence-corrected chi connectivity index (χ4v) is 4.44. The van der Waals surface area contributed by atoms with E-state index in [2.05, 4.69) is 10.0 Å². The molecule has 1 aliphatic heterocycles. The molecule has 1 aromatic carbocycles. The summed E-state index contributed by atoms with van der Waals surface area (Å²) >= 11 is 1.36. The van der Waals surface area contributed by atoms with Gasteiger partial charge in [-0.05, 0) is 48.6 Å². The molecule has 1 aliphatic rings. The van der Waals surface area contributed by atoms with Crippen molar-refractivity contribution in [1.82, 2.24) is 9.62 Å². The Morgan fingerprint density at radius 1 is 1.11 bits per heavy atom. The third kappa shape index (κ3) is 5.38. The van der Waals surface area contributed by atoms with Crippen molar-refractivity contribution in [3.8, 4) is 0 Å². The van der Waals surface area contributed by atoms with E-state index in [-0.39, 0.29) is 17.9 Å². The predicted molar refractivity (Wildman–Crippen MR) is 106 cm³/mol. The first-order chi connectivity index (χ1) is 12.8. The third-order valence-electron chi connectivity index (χ3n) is 4.30. The molecule has 2 heterocycles. The van der Waals surface area contributed by atoms with Gasteiger partial charge in [-0.25, -0.2) is 13.1 Å². The van der Waals surface area contributed by atoms with Crippen molar-refractivity contribution in [3.05, 3.63) is 52.2 Å². The van der Waals surface area contributed by atoms with E-state index >= 15 is 0 Å². The van der Waals surface area contributed by atoms with Gasteiger partial charge in [0.05, 0.1) is 11.1 Å². The Morgan fingerprint density at radius 2 is 1.78 bits per heavy atom. The number of carbonyl (C=O) groups is 2. The van der Waals surface area contributed by atoms with E-state index in [1.165, 1.54) is 11.3 Å². The maximum Gasteiger partial charge on any atom is 0.265 e. The van der Waals surface area contributed by atoms with Crippen LogP contribution in [0.1, 0.15) is 32.9 Å². The quantitative estimate of drug-likeness (QED) is 0.794. The second-order valence-electron chi connectivity index (χ2n) is 6.47. The van der Waals surface area contributed by atoms with E-state index < -0.39 is 10.0 Å². The highest BCUT2D eigenvalue weighted by Gasteiger charge is 2.25. The Kier molecular flexibility index (Phi) is 5.93. The first kappa shape index (κ1) is 19.5. The van der Waals surface area contributed by atoms with E-state index in [4.69, 9.17) is 0 Å². The number of hydrogen-bond donors (Lipinski definition) is 2. The summed E-state index contributed by atoms with van der Waals surface area (Å²) < 4.78 is 25.2. The number of likely N-dealkylation sites (tertiary alicyclic amines) is 1. The molecular formula is C18H21N3O4S2. The molecule has 0 spiro atoms. The van der Waals surface area contributed by atoms with Crippen LogP contribution in [0.25, 0.3) is 0 Å². The summed E-state index contributed by atoms with van der Waals surface area (Å²) in [4.78, 5) is 27.0. The largest absolute Gasteiger partial charge is 0.339 e. The van der Waals surface area contributed by atoms with Crippen LogP contribution in [0.5, 0.6) is 0 Å². The van der Waals surface area contributed by atoms with Crippen LogP contribution in [-0.4, -0.2) is 50.5 Å². The van der Waals surface area contributed by atoms with Gasteiger partial charge in [0.15, 0.2) is 0 Å². The van der Waals surface area contributed by atoms with Gasteiger partial charge < -0.3 is 10.2 Å². The zero-order chi connectivity index (χ0) is 19.4. The average molecular weight is 408 g/mol. The molecule has 1 fully saturated rings. The molecule has 2 N–H and O–H groups in total. The van der Waals surface area contributed by atoms with Crippen molar-refractivity contribution in [2.45, 2.75) is 18.9 Å². The molecular weight excluding hydrogens is 386 g/mol. The molecule has 0 bridgehead atoms. The monoisotopic (exact) mass is 407 g/mol. The zero-order valence-corrected chi connectivity index (χ0v) is 16.5. The van der Waals surface area contributed by atoms with Gasteiger partial charge in [-0.15, -0.1) is 11.3 Å².